The number of hydrogen-bond donors (Lipinski definition) is 0. The quantitative estimate of drug-likeness (QED) is 0.483. The molecule has 0 saturated carbocycles. The Bertz CT molecular complexity index is 720. The lowest BCUT2D eigenvalue weighted by Gasteiger charge is -2.30. The number of aryl methyl sites for hydroxylation is 2. The van der Waals surface area contributed by atoms with E-state index in [0.29, 0.717) is 6.54 Å². The van der Waals surface area contributed by atoms with Crippen LogP contribution in [-0.4, -0.2) is 21.4 Å². The summed E-state index contributed by atoms with van der Waals surface area (Å²) in [6.07, 6.45) is 3.03. The van der Waals surface area contributed by atoms with Gasteiger partial charge in [0.25, 0.3) is 0 Å². The predicted molar refractivity (Wildman–Crippen MR) is 80.2 cm³/mol. The Morgan fingerprint density at radius 3 is 3.00 bits per heavy atom. The second-order valence-electron chi connectivity index (χ2n) is 4.99. The zero-order valence-corrected chi connectivity index (χ0v) is 12.2. The van der Waals surface area contributed by atoms with E-state index in [4.69, 9.17) is 11.6 Å². The van der Waals surface area contributed by atoms with Gasteiger partial charge in [0, 0.05) is 12.2 Å². The fraction of sp³-hybridized carbons (Fsp3) is 0.286. The van der Waals surface area contributed by atoms with Crippen molar-refractivity contribution in [2.45, 2.75) is 19.8 Å². The van der Waals surface area contributed by atoms with E-state index >= 15 is 0 Å². The molecule has 2 heterocycles. The highest BCUT2D eigenvalue weighted by molar-refractivity contribution is 6.28. The first-order chi connectivity index (χ1) is 10.1. The van der Waals surface area contributed by atoms with E-state index in [-0.39, 0.29) is 16.8 Å². The summed E-state index contributed by atoms with van der Waals surface area (Å²) in [6.45, 7) is 2.70. The van der Waals surface area contributed by atoms with Gasteiger partial charge in [-0.25, -0.2) is 4.98 Å². The van der Waals surface area contributed by atoms with Gasteiger partial charge < -0.3 is 4.90 Å². The number of benzene rings is 1. The van der Waals surface area contributed by atoms with Gasteiger partial charge in [-0.15, -0.1) is 0 Å². The summed E-state index contributed by atoms with van der Waals surface area (Å²) in [5.74, 6) is 0.254. The molecule has 0 radical (unpaired) electrons. The van der Waals surface area contributed by atoms with Gasteiger partial charge in [0.05, 0.1) is 4.92 Å². The third-order valence-corrected chi connectivity index (χ3v) is 3.71. The summed E-state index contributed by atoms with van der Waals surface area (Å²) >= 11 is 5.82. The lowest BCUT2D eigenvalue weighted by Crippen LogP contribution is -2.26. The molecular formula is C14H13ClN4O2. The van der Waals surface area contributed by atoms with Crippen LogP contribution in [0.4, 0.5) is 17.2 Å². The van der Waals surface area contributed by atoms with Crippen LogP contribution in [0.5, 0.6) is 0 Å². The molecule has 1 aromatic carbocycles. The standard InChI is InChI=1S/C14H13ClN4O2/c1-9-4-5-11-10(7-9)3-2-6-18(11)13-12(19(20)21)8-16-14(15)17-13/h4-5,7-8H,2-3,6H2,1H3. The molecule has 7 heteroatoms. The molecule has 0 bridgehead atoms. The minimum absolute atomic E-state index is 0.00911. The largest absolute Gasteiger partial charge is 0.330 e. The first-order valence-corrected chi connectivity index (χ1v) is 6.98. The van der Waals surface area contributed by atoms with Crippen molar-refractivity contribution in [1.82, 2.24) is 9.97 Å². The van der Waals surface area contributed by atoms with Crippen molar-refractivity contribution < 1.29 is 4.92 Å². The summed E-state index contributed by atoms with van der Waals surface area (Å²) in [5.41, 5.74) is 3.16. The minimum atomic E-state index is -0.478. The number of nitrogens with zero attached hydrogens (tertiary/aromatic N) is 4. The molecule has 0 fully saturated rings. The van der Waals surface area contributed by atoms with Crippen molar-refractivity contribution in [2.24, 2.45) is 0 Å². The zero-order chi connectivity index (χ0) is 15.0. The topological polar surface area (TPSA) is 72.2 Å². The van der Waals surface area contributed by atoms with Gasteiger partial charge >= 0.3 is 5.69 Å². The van der Waals surface area contributed by atoms with Crippen LogP contribution in [0, 0.1) is 17.0 Å². The average molecular weight is 305 g/mol. The average Bonchev–Trinajstić information content (AvgIpc) is 2.45. The molecule has 0 amide bonds. The molecule has 3 rings (SSSR count). The van der Waals surface area contributed by atoms with Crippen LogP contribution in [0.3, 0.4) is 0 Å². The molecule has 0 saturated heterocycles. The Kier molecular flexibility index (Phi) is 3.47. The van der Waals surface area contributed by atoms with E-state index in [1.54, 1.807) is 0 Å². The van der Waals surface area contributed by atoms with Gasteiger partial charge in [0.2, 0.25) is 11.1 Å². The van der Waals surface area contributed by atoms with Gasteiger partial charge in [0.15, 0.2) is 0 Å². The highest BCUT2D eigenvalue weighted by Crippen LogP contribution is 2.37. The van der Waals surface area contributed by atoms with Gasteiger partial charge in [-0.3, -0.25) is 10.1 Å². The second-order valence-corrected chi connectivity index (χ2v) is 5.33. The fourth-order valence-electron chi connectivity index (χ4n) is 2.62. The Morgan fingerprint density at radius 2 is 2.24 bits per heavy atom. The molecule has 0 atom stereocenters. The molecule has 6 nitrogen and oxygen atoms in total. The number of anilines is 2. The van der Waals surface area contributed by atoms with Crippen LogP contribution in [0.2, 0.25) is 5.28 Å². The Hall–Kier alpha value is -2.21. The van der Waals surface area contributed by atoms with E-state index in [0.717, 1.165) is 24.7 Å². The second kappa shape index (κ2) is 5.29. The smallest absolute Gasteiger partial charge is 0.320 e. The van der Waals surface area contributed by atoms with Crippen LogP contribution >= 0.6 is 11.6 Å². The van der Waals surface area contributed by atoms with Crippen molar-refractivity contribution in [2.75, 3.05) is 11.4 Å². The number of nitro groups is 1. The maximum Gasteiger partial charge on any atom is 0.330 e. The van der Waals surface area contributed by atoms with Crippen LogP contribution < -0.4 is 4.90 Å². The molecule has 0 aliphatic carbocycles. The normalized spacial score (nSPS) is 13.9. The number of aromatic nitrogens is 2. The molecule has 21 heavy (non-hydrogen) atoms. The number of fused-ring (bicyclic) bond motifs is 1. The van der Waals surface area contributed by atoms with E-state index in [1.165, 1.54) is 11.1 Å². The molecule has 0 N–H and O–H groups in total. The van der Waals surface area contributed by atoms with Gasteiger partial charge in [-0.2, -0.15) is 4.98 Å². The van der Waals surface area contributed by atoms with Crippen LogP contribution in [0.25, 0.3) is 0 Å². The summed E-state index contributed by atoms with van der Waals surface area (Å²) in [6, 6.07) is 6.07. The van der Waals surface area contributed by atoms with Crippen molar-refractivity contribution >= 4 is 28.8 Å². The van der Waals surface area contributed by atoms with Crippen molar-refractivity contribution in [3.63, 3.8) is 0 Å². The van der Waals surface area contributed by atoms with Crippen LogP contribution in [0.1, 0.15) is 17.5 Å². The van der Waals surface area contributed by atoms with Crippen molar-refractivity contribution in [1.29, 1.82) is 0 Å². The Morgan fingerprint density at radius 1 is 1.43 bits per heavy atom. The Labute approximate surface area is 126 Å². The third kappa shape index (κ3) is 2.54. The highest BCUT2D eigenvalue weighted by atomic mass is 35.5. The number of rotatable bonds is 2. The van der Waals surface area contributed by atoms with Gasteiger partial charge in [0.1, 0.15) is 6.20 Å². The first-order valence-electron chi connectivity index (χ1n) is 6.60. The van der Waals surface area contributed by atoms with Crippen molar-refractivity contribution in [3.8, 4) is 0 Å². The molecule has 108 valence electrons. The first kappa shape index (κ1) is 13.8. The maximum atomic E-state index is 11.2. The van der Waals surface area contributed by atoms with E-state index in [2.05, 4.69) is 16.0 Å². The van der Waals surface area contributed by atoms with E-state index < -0.39 is 4.92 Å². The van der Waals surface area contributed by atoms with E-state index in [1.807, 2.05) is 24.0 Å². The van der Waals surface area contributed by atoms with Crippen LogP contribution in [0.15, 0.2) is 24.4 Å². The summed E-state index contributed by atoms with van der Waals surface area (Å²) in [5, 5.41) is 11.2. The molecule has 0 unspecified atom stereocenters. The van der Waals surface area contributed by atoms with Gasteiger partial charge in [-0.1, -0.05) is 17.7 Å². The van der Waals surface area contributed by atoms with Crippen LogP contribution in [-0.2, 0) is 6.42 Å². The molecule has 1 aromatic heterocycles. The minimum Gasteiger partial charge on any atom is -0.320 e. The predicted octanol–water partition coefficient (Wildman–Crippen LogP) is 3.43. The van der Waals surface area contributed by atoms with E-state index in [9.17, 15) is 10.1 Å². The molecule has 1 aliphatic rings. The fourth-order valence-corrected chi connectivity index (χ4v) is 2.75. The Balaban J connectivity index is 2.15. The third-order valence-electron chi connectivity index (χ3n) is 3.53. The maximum absolute atomic E-state index is 11.2. The van der Waals surface area contributed by atoms with Crippen molar-refractivity contribution in [3.05, 3.63) is 50.9 Å². The molecule has 1 aliphatic heterocycles. The number of halogens is 1. The lowest BCUT2D eigenvalue weighted by molar-refractivity contribution is -0.384. The SMILES string of the molecule is Cc1ccc2c(c1)CCCN2c1nc(Cl)ncc1[N+](=O)[O-]. The lowest BCUT2D eigenvalue weighted by atomic mass is 9.99. The molecule has 0 spiro atoms. The summed E-state index contributed by atoms with van der Waals surface area (Å²) in [4.78, 5) is 20.4. The monoisotopic (exact) mass is 304 g/mol. The summed E-state index contributed by atoms with van der Waals surface area (Å²) < 4.78 is 0. The summed E-state index contributed by atoms with van der Waals surface area (Å²) in [7, 11) is 0. The number of hydrogen-bond acceptors (Lipinski definition) is 5. The zero-order valence-electron chi connectivity index (χ0n) is 11.4. The molecule has 2 aromatic rings. The molecular weight excluding hydrogens is 292 g/mol. The van der Waals surface area contributed by atoms with Gasteiger partial charge in [-0.05, 0) is 43.0 Å². The highest BCUT2D eigenvalue weighted by Gasteiger charge is 2.27.